The highest BCUT2D eigenvalue weighted by Gasteiger charge is 2.25. The van der Waals surface area contributed by atoms with Gasteiger partial charge in [-0.1, -0.05) is 39.0 Å². The van der Waals surface area contributed by atoms with Gasteiger partial charge in [-0.2, -0.15) is 0 Å². The van der Waals surface area contributed by atoms with Crippen LogP contribution in [0.1, 0.15) is 26.3 Å². The fourth-order valence-corrected chi connectivity index (χ4v) is 3.79. The van der Waals surface area contributed by atoms with Gasteiger partial charge in [-0.15, -0.1) is 0 Å². The summed E-state index contributed by atoms with van der Waals surface area (Å²) in [5, 5.41) is 3.08. The molecule has 0 unspecified atom stereocenters. The lowest BCUT2D eigenvalue weighted by Crippen LogP contribution is -2.53. The van der Waals surface area contributed by atoms with Crippen molar-refractivity contribution in [3.63, 3.8) is 0 Å². The number of urea groups is 1. The Hall–Kier alpha value is -1.79. The van der Waals surface area contributed by atoms with Crippen LogP contribution in [0.3, 0.4) is 0 Å². The van der Waals surface area contributed by atoms with Gasteiger partial charge in [0.1, 0.15) is 0 Å². The lowest BCUT2D eigenvalue weighted by molar-refractivity contribution is 0.0386. The van der Waals surface area contributed by atoms with Crippen LogP contribution in [0.15, 0.2) is 24.3 Å². The third-order valence-corrected chi connectivity index (χ3v) is 5.43. The van der Waals surface area contributed by atoms with Gasteiger partial charge in [0, 0.05) is 58.0 Å². The van der Waals surface area contributed by atoms with E-state index < -0.39 is 0 Å². The number of morpholine rings is 1. The topological polar surface area (TPSA) is 48.0 Å². The molecular weight excluding hydrogens is 340 g/mol. The number of benzene rings is 1. The summed E-state index contributed by atoms with van der Waals surface area (Å²) in [7, 11) is 0. The number of rotatable bonds is 4. The number of nitrogens with one attached hydrogen (secondary N) is 1. The Morgan fingerprint density at radius 2 is 1.70 bits per heavy atom. The van der Waals surface area contributed by atoms with E-state index in [2.05, 4.69) is 60.2 Å². The molecule has 6 heteroatoms. The first kappa shape index (κ1) is 20.0. The van der Waals surface area contributed by atoms with Crippen molar-refractivity contribution in [2.24, 2.45) is 0 Å². The van der Waals surface area contributed by atoms with Crippen molar-refractivity contribution in [2.45, 2.75) is 26.2 Å². The molecule has 0 aromatic heterocycles. The number of para-hydroxylation sites is 1. The van der Waals surface area contributed by atoms with Crippen molar-refractivity contribution < 1.29 is 9.53 Å². The number of hydrogen-bond donors (Lipinski definition) is 1. The number of carbonyl (C=O) groups excluding carboxylic acids is 1. The van der Waals surface area contributed by atoms with Crippen LogP contribution >= 0.6 is 0 Å². The smallest absolute Gasteiger partial charge is 0.317 e. The van der Waals surface area contributed by atoms with E-state index in [0.29, 0.717) is 6.54 Å². The van der Waals surface area contributed by atoms with E-state index >= 15 is 0 Å². The number of amides is 2. The van der Waals surface area contributed by atoms with Crippen molar-refractivity contribution in [3.8, 4) is 0 Å². The van der Waals surface area contributed by atoms with Crippen LogP contribution in [0.25, 0.3) is 0 Å². The molecule has 27 heavy (non-hydrogen) atoms. The van der Waals surface area contributed by atoms with E-state index in [-0.39, 0.29) is 11.4 Å². The third kappa shape index (κ3) is 5.36. The van der Waals surface area contributed by atoms with Crippen LogP contribution in [0.5, 0.6) is 0 Å². The van der Waals surface area contributed by atoms with Gasteiger partial charge >= 0.3 is 6.03 Å². The molecule has 2 amide bonds. The Morgan fingerprint density at radius 3 is 2.37 bits per heavy atom. The largest absolute Gasteiger partial charge is 0.379 e. The summed E-state index contributed by atoms with van der Waals surface area (Å²) < 4.78 is 5.36. The van der Waals surface area contributed by atoms with Gasteiger partial charge in [-0.05, 0) is 17.0 Å². The first-order chi connectivity index (χ1) is 12.9. The van der Waals surface area contributed by atoms with Crippen LogP contribution in [0.2, 0.25) is 0 Å². The molecule has 0 saturated carbocycles. The summed E-state index contributed by atoms with van der Waals surface area (Å²) in [6.45, 7) is 15.2. The van der Waals surface area contributed by atoms with E-state index in [4.69, 9.17) is 4.74 Å². The third-order valence-electron chi connectivity index (χ3n) is 5.43. The zero-order valence-corrected chi connectivity index (χ0v) is 17.0. The van der Waals surface area contributed by atoms with Crippen molar-refractivity contribution in [2.75, 3.05) is 70.5 Å². The zero-order chi connectivity index (χ0) is 19.3. The van der Waals surface area contributed by atoms with Crippen LogP contribution < -0.4 is 10.2 Å². The highest BCUT2D eigenvalue weighted by Crippen LogP contribution is 2.32. The number of ether oxygens (including phenoxy) is 1. The average Bonchev–Trinajstić information content (AvgIpc) is 2.68. The predicted molar refractivity (Wildman–Crippen MR) is 110 cm³/mol. The molecule has 0 aliphatic carbocycles. The molecular formula is C21H34N4O2. The van der Waals surface area contributed by atoms with Crippen LogP contribution in [-0.4, -0.2) is 81.4 Å². The molecule has 0 atom stereocenters. The minimum atomic E-state index is 0.0621. The Morgan fingerprint density at radius 1 is 1.04 bits per heavy atom. The summed E-state index contributed by atoms with van der Waals surface area (Å²) in [4.78, 5) is 19.2. The normalized spacial score (nSPS) is 19.2. The van der Waals surface area contributed by atoms with Gasteiger partial charge < -0.3 is 19.9 Å². The van der Waals surface area contributed by atoms with E-state index in [0.717, 1.165) is 59.0 Å². The number of carbonyl (C=O) groups is 1. The van der Waals surface area contributed by atoms with E-state index in [9.17, 15) is 4.79 Å². The lowest BCUT2D eigenvalue weighted by Gasteiger charge is -2.38. The SMILES string of the molecule is CC(C)(C)c1ccccc1N1CCN(C(=O)NCCN2CCOCC2)CC1. The van der Waals surface area contributed by atoms with E-state index in [1.54, 1.807) is 0 Å². The van der Waals surface area contributed by atoms with Crippen LogP contribution in [0, 0.1) is 0 Å². The second-order valence-electron chi connectivity index (χ2n) is 8.43. The number of anilines is 1. The van der Waals surface area contributed by atoms with Crippen molar-refractivity contribution in [1.29, 1.82) is 0 Å². The maximum Gasteiger partial charge on any atom is 0.317 e. The average molecular weight is 375 g/mol. The fraction of sp³-hybridized carbons (Fsp3) is 0.667. The van der Waals surface area contributed by atoms with Crippen LogP contribution in [-0.2, 0) is 10.2 Å². The minimum absolute atomic E-state index is 0.0621. The van der Waals surface area contributed by atoms with Gasteiger partial charge in [-0.3, -0.25) is 4.90 Å². The molecule has 2 saturated heterocycles. The quantitative estimate of drug-likeness (QED) is 0.877. The monoisotopic (exact) mass is 374 g/mol. The minimum Gasteiger partial charge on any atom is -0.379 e. The van der Waals surface area contributed by atoms with Crippen molar-refractivity contribution >= 4 is 11.7 Å². The molecule has 150 valence electrons. The summed E-state index contributed by atoms with van der Waals surface area (Å²) in [5.41, 5.74) is 2.79. The maximum atomic E-state index is 12.5. The number of piperazine rings is 1. The van der Waals surface area contributed by atoms with Crippen LogP contribution in [0.4, 0.5) is 10.5 Å². The molecule has 1 aromatic carbocycles. The lowest BCUT2D eigenvalue weighted by atomic mass is 9.85. The predicted octanol–water partition coefficient (Wildman–Crippen LogP) is 2.15. The molecule has 0 radical (unpaired) electrons. The second kappa shape index (κ2) is 8.93. The van der Waals surface area contributed by atoms with E-state index in [1.807, 2.05) is 4.90 Å². The molecule has 2 heterocycles. The highest BCUT2D eigenvalue weighted by atomic mass is 16.5. The molecule has 2 aliphatic rings. The summed E-state index contributed by atoms with van der Waals surface area (Å²) in [5.74, 6) is 0. The maximum absolute atomic E-state index is 12.5. The number of nitrogens with zero attached hydrogens (tertiary/aromatic N) is 3. The molecule has 3 rings (SSSR count). The summed E-state index contributed by atoms with van der Waals surface area (Å²) in [6, 6.07) is 8.71. The first-order valence-electron chi connectivity index (χ1n) is 10.1. The van der Waals surface area contributed by atoms with Gasteiger partial charge in [0.25, 0.3) is 0 Å². The Kier molecular flexibility index (Phi) is 6.60. The van der Waals surface area contributed by atoms with Crippen molar-refractivity contribution in [1.82, 2.24) is 15.1 Å². The molecule has 6 nitrogen and oxygen atoms in total. The van der Waals surface area contributed by atoms with Gasteiger partial charge in [-0.25, -0.2) is 4.79 Å². The summed E-state index contributed by atoms with van der Waals surface area (Å²) in [6.07, 6.45) is 0. The van der Waals surface area contributed by atoms with E-state index in [1.165, 1.54) is 11.3 Å². The summed E-state index contributed by atoms with van der Waals surface area (Å²) >= 11 is 0. The molecule has 0 spiro atoms. The standard InChI is InChI=1S/C21H34N4O2/c1-21(2,3)18-6-4-5-7-19(18)24-10-12-25(13-11-24)20(26)22-8-9-23-14-16-27-17-15-23/h4-7H,8-17H2,1-3H3,(H,22,26). The second-order valence-corrected chi connectivity index (χ2v) is 8.43. The molecule has 1 aromatic rings. The molecule has 2 fully saturated rings. The first-order valence-corrected chi connectivity index (χ1v) is 10.1. The number of hydrogen-bond acceptors (Lipinski definition) is 4. The fourth-order valence-electron chi connectivity index (χ4n) is 3.79. The Balaban J connectivity index is 1.47. The molecule has 2 aliphatic heterocycles. The van der Waals surface area contributed by atoms with Crippen molar-refractivity contribution in [3.05, 3.63) is 29.8 Å². The highest BCUT2D eigenvalue weighted by molar-refractivity contribution is 5.74. The molecule has 0 bridgehead atoms. The van der Waals surface area contributed by atoms with Gasteiger partial charge in [0.2, 0.25) is 0 Å². The zero-order valence-electron chi connectivity index (χ0n) is 17.0. The Labute approximate surface area is 163 Å². The Bertz CT molecular complexity index is 615. The van der Waals surface area contributed by atoms with Gasteiger partial charge in [0.05, 0.1) is 13.2 Å². The molecule has 1 N–H and O–H groups in total. The van der Waals surface area contributed by atoms with Gasteiger partial charge in [0.15, 0.2) is 0 Å².